The van der Waals surface area contributed by atoms with Gasteiger partial charge in [0, 0.05) is 29.3 Å². The standard InChI is InChI=1S/C26H28N4O3/c1-14-6-4-7-21(27-14)26(31,22-8-5-11-32-22)19-12-18(23-15(2)30-33-16(23)3)13-20-24(19)29-25(28-20)17-9-10-17/h4,6-7,12-13,17,22,31H,5,8-11H2,1-3H3,(H,28,29)/t22?,26-/m0/s1. The van der Waals surface area contributed by atoms with Gasteiger partial charge in [0.1, 0.15) is 11.6 Å². The molecule has 1 unspecified atom stereocenters. The van der Waals surface area contributed by atoms with Gasteiger partial charge < -0.3 is 19.4 Å². The molecule has 7 nitrogen and oxygen atoms in total. The maximum atomic E-state index is 12.5. The Morgan fingerprint density at radius 3 is 2.61 bits per heavy atom. The Balaban J connectivity index is 1.66. The maximum Gasteiger partial charge on any atom is 0.159 e. The van der Waals surface area contributed by atoms with E-state index in [1.807, 2.05) is 45.0 Å². The van der Waals surface area contributed by atoms with Crippen LogP contribution in [0.4, 0.5) is 0 Å². The number of fused-ring (bicyclic) bond motifs is 1. The molecule has 4 aromatic rings. The third kappa shape index (κ3) is 3.30. The number of aromatic nitrogens is 4. The van der Waals surface area contributed by atoms with Crippen molar-refractivity contribution in [3.8, 4) is 11.1 Å². The molecular weight excluding hydrogens is 416 g/mol. The number of hydrogen-bond acceptors (Lipinski definition) is 6. The first-order chi connectivity index (χ1) is 15.9. The minimum Gasteiger partial charge on any atom is -0.376 e. The zero-order chi connectivity index (χ0) is 22.7. The van der Waals surface area contributed by atoms with E-state index in [1.165, 1.54) is 0 Å². The van der Waals surface area contributed by atoms with Gasteiger partial charge in [-0.15, -0.1) is 0 Å². The Morgan fingerprint density at radius 1 is 1.09 bits per heavy atom. The van der Waals surface area contributed by atoms with Crippen LogP contribution in [0, 0.1) is 20.8 Å². The minimum absolute atomic E-state index is 0.406. The topological polar surface area (TPSA) is 97.1 Å². The number of nitrogens with zero attached hydrogens (tertiary/aromatic N) is 3. The summed E-state index contributed by atoms with van der Waals surface area (Å²) in [5, 5.41) is 16.7. The summed E-state index contributed by atoms with van der Waals surface area (Å²) in [6, 6.07) is 9.88. The molecule has 1 aliphatic heterocycles. The summed E-state index contributed by atoms with van der Waals surface area (Å²) in [6.07, 6.45) is 3.53. The molecule has 0 bridgehead atoms. The van der Waals surface area contributed by atoms with Crippen LogP contribution in [0.3, 0.4) is 0 Å². The van der Waals surface area contributed by atoms with Crippen molar-refractivity contribution in [3.05, 3.63) is 64.6 Å². The van der Waals surface area contributed by atoms with Crippen molar-refractivity contribution >= 4 is 11.0 Å². The van der Waals surface area contributed by atoms with Crippen molar-refractivity contribution in [1.82, 2.24) is 20.1 Å². The van der Waals surface area contributed by atoms with E-state index in [0.29, 0.717) is 23.8 Å². The molecule has 2 atom stereocenters. The highest BCUT2D eigenvalue weighted by atomic mass is 16.5. The average Bonchev–Trinajstić information content (AvgIpc) is 3.18. The molecule has 0 spiro atoms. The molecule has 0 radical (unpaired) electrons. The molecule has 1 aliphatic carbocycles. The van der Waals surface area contributed by atoms with Gasteiger partial charge in [-0.05, 0) is 76.3 Å². The zero-order valence-corrected chi connectivity index (χ0v) is 19.2. The van der Waals surface area contributed by atoms with Gasteiger partial charge in [0.2, 0.25) is 0 Å². The number of nitrogens with one attached hydrogen (secondary N) is 1. The summed E-state index contributed by atoms with van der Waals surface area (Å²) < 4.78 is 11.6. The van der Waals surface area contributed by atoms with Gasteiger partial charge in [-0.3, -0.25) is 4.98 Å². The predicted octanol–water partition coefficient (Wildman–Crippen LogP) is 4.83. The lowest BCUT2D eigenvalue weighted by atomic mass is 9.81. The van der Waals surface area contributed by atoms with Gasteiger partial charge in [-0.1, -0.05) is 11.2 Å². The second kappa shape index (κ2) is 7.50. The van der Waals surface area contributed by atoms with Crippen molar-refractivity contribution < 1.29 is 14.4 Å². The summed E-state index contributed by atoms with van der Waals surface area (Å²) in [6.45, 7) is 6.41. The number of H-pyrrole nitrogens is 1. The van der Waals surface area contributed by atoms with Crippen molar-refractivity contribution in [2.24, 2.45) is 0 Å². The molecule has 1 saturated carbocycles. The van der Waals surface area contributed by atoms with Crippen LogP contribution in [0.5, 0.6) is 0 Å². The fraction of sp³-hybridized carbons (Fsp3) is 0.423. The van der Waals surface area contributed by atoms with E-state index in [1.54, 1.807) is 0 Å². The van der Waals surface area contributed by atoms with Crippen molar-refractivity contribution in [2.45, 2.75) is 64.1 Å². The van der Waals surface area contributed by atoms with E-state index >= 15 is 0 Å². The molecule has 4 heterocycles. The molecule has 1 aromatic carbocycles. The third-order valence-corrected chi connectivity index (χ3v) is 6.98. The van der Waals surface area contributed by atoms with Gasteiger partial charge in [-0.25, -0.2) is 4.98 Å². The molecule has 2 N–H and O–H groups in total. The van der Waals surface area contributed by atoms with Crippen molar-refractivity contribution in [2.75, 3.05) is 6.61 Å². The number of aromatic amines is 1. The molecule has 0 amide bonds. The van der Waals surface area contributed by atoms with E-state index in [0.717, 1.165) is 70.8 Å². The summed E-state index contributed by atoms with van der Waals surface area (Å²) in [5.74, 6) is 2.18. The van der Waals surface area contributed by atoms with Crippen molar-refractivity contribution in [3.63, 3.8) is 0 Å². The number of aliphatic hydroxyl groups is 1. The SMILES string of the molecule is Cc1cccc([C@@](O)(c2cc(-c3c(C)noc3C)cc3[nH]c(C4CC4)nc23)C2CCCO2)n1. The molecule has 2 fully saturated rings. The first-order valence-corrected chi connectivity index (χ1v) is 11.7. The Kier molecular flexibility index (Phi) is 4.67. The van der Waals surface area contributed by atoms with Crippen LogP contribution in [0.15, 0.2) is 34.9 Å². The summed E-state index contributed by atoms with van der Waals surface area (Å²) in [5.41, 5.74) is 5.06. The van der Waals surface area contributed by atoms with Gasteiger partial charge in [0.25, 0.3) is 0 Å². The molecule has 7 heteroatoms. The zero-order valence-electron chi connectivity index (χ0n) is 19.2. The normalized spacial score (nSPS) is 20.4. The second-order valence-corrected chi connectivity index (χ2v) is 9.45. The van der Waals surface area contributed by atoms with Gasteiger partial charge >= 0.3 is 0 Å². The largest absolute Gasteiger partial charge is 0.376 e. The molecule has 170 valence electrons. The van der Waals surface area contributed by atoms with Gasteiger partial charge in [0.05, 0.1) is 28.5 Å². The fourth-order valence-electron chi connectivity index (χ4n) is 5.16. The monoisotopic (exact) mass is 444 g/mol. The number of hydrogen-bond donors (Lipinski definition) is 2. The van der Waals surface area contributed by atoms with Crippen LogP contribution in [-0.2, 0) is 10.3 Å². The number of ether oxygens (including phenoxy) is 1. The van der Waals surface area contributed by atoms with Crippen LogP contribution >= 0.6 is 0 Å². The predicted molar refractivity (Wildman–Crippen MR) is 124 cm³/mol. The van der Waals surface area contributed by atoms with E-state index in [4.69, 9.17) is 19.2 Å². The van der Waals surface area contributed by atoms with Crippen LogP contribution in [-0.4, -0.2) is 37.9 Å². The minimum atomic E-state index is -1.44. The number of pyridine rings is 1. The number of aryl methyl sites for hydroxylation is 3. The molecule has 1 saturated heterocycles. The number of benzene rings is 1. The lowest BCUT2D eigenvalue weighted by Gasteiger charge is -2.34. The molecule has 2 aliphatic rings. The fourth-order valence-corrected chi connectivity index (χ4v) is 5.16. The molecule has 3 aromatic heterocycles. The highest BCUT2D eigenvalue weighted by molar-refractivity contribution is 5.87. The van der Waals surface area contributed by atoms with E-state index < -0.39 is 11.7 Å². The first kappa shape index (κ1) is 20.6. The Labute approximate surface area is 192 Å². The van der Waals surface area contributed by atoms with Crippen LogP contribution in [0.1, 0.15) is 65.8 Å². The van der Waals surface area contributed by atoms with Gasteiger partial charge in [0.15, 0.2) is 5.60 Å². The van der Waals surface area contributed by atoms with Crippen LogP contribution in [0.2, 0.25) is 0 Å². The third-order valence-electron chi connectivity index (χ3n) is 6.98. The molecular formula is C26H28N4O3. The number of rotatable bonds is 5. The molecule has 33 heavy (non-hydrogen) atoms. The first-order valence-electron chi connectivity index (χ1n) is 11.7. The Morgan fingerprint density at radius 2 is 1.94 bits per heavy atom. The number of imidazole rings is 1. The lowest BCUT2D eigenvalue weighted by molar-refractivity contribution is -0.0637. The maximum absolute atomic E-state index is 12.5. The second-order valence-electron chi connectivity index (χ2n) is 9.45. The molecule has 6 rings (SSSR count). The average molecular weight is 445 g/mol. The Bertz CT molecular complexity index is 1330. The van der Waals surface area contributed by atoms with Gasteiger partial charge in [-0.2, -0.15) is 0 Å². The quantitative estimate of drug-likeness (QED) is 0.458. The van der Waals surface area contributed by atoms with E-state index in [2.05, 4.69) is 16.2 Å². The highest BCUT2D eigenvalue weighted by Gasteiger charge is 2.46. The van der Waals surface area contributed by atoms with Crippen LogP contribution in [0.25, 0.3) is 22.2 Å². The smallest absolute Gasteiger partial charge is 0.159 e. The summed E-state index contributed by atoms with van der Waals surface area (Å²) in [4.78, 5) is 13.3. The Hall–Kier alpha value is -3.03. The summed E-state index contributed by atoms with van der Waals surface area (Å²) >= 11 is 0. The van der Waals surface area contributed by atoms with Crippen molar-refractivity contribution in [1.29, 1.82) is 0 Å². The highest BCUT2D eigenvalue weighted by Crippen LogP contribution is 2.45. The van der Waals surface area contributed by atoms with Crippen LogP contribution < -0.4 is 0 Å². The van der Waals surface area contributed by atoms with E-state index in [-0.39, 0.29) is 0 Å². The lowest BCUT2D eigenvalue weighted by Crippen LogP contribution is -2.41. The van der Waals surface area contributed by atoms with E-state index in [9.17, 15) is 5.11 Å². The summed E-state index contributed by atoms with van der Waals surface area (Å²) in [7, 11) is 0.